The van der Waals surface area contributed by atoms with E-state index in [1.54, 1.807) is 0 Å². The number of halogens is 1. The molecule has 1 rings (SSSR count). The Bertz CT molecular complexity index is 349. The fourth-order valence-electron chi connectivity index (χ4n) is 1.64. The van der Waals surface area contributed by atoms with E-state index < -0.39 is 0 Å². The average Bonchev–Trinajstić information content (AvgIpc) is 2.43. The number of ether oxygens (including phenoxy) is 1. The molecule has 0 amide bonds. The number of hydrogen-bond acceptors (Lipinski definition) is 3. The lowest BCUT2D eigenvalue weighted by Crippen LogP contribution is -2.36. The van der Waals surface area contributed by atoms with Gasteiger partial charge in [0, 0.05) is 27.8 Å². The summed E-state index contributed by atoms with van der Waals surface area (Å²) >= 11 is 5.46. The Balaban J connectivity index is 2.40. The molecule has 0 aliphatic rings. The third-order valence-electron chi connectivity index (χ3n) is 2.63. The highest BCUT2D eigenvalue weighted by molar-refractivity contribution is 9.10. The molecule has 1 atom stereocenters. The molecule has 0 saturated carbocycles. The molecule has 0 bridgehead atoms. The molecule has 0 spiro atoms. The van der Waals surface area contributed by atoms with Gasteiger partial charge < -0.3 is 10.1 Å². The first-order valence-electron chi connectivity index (χ1n) is 6.96. The van der Waals surface area contributed by atoms with Crippen LogP contribution in [0.2, 0.25) is 0 Å². The molecule has 108 valence electrons. The molecular formula is C15H24BrNOS. The molecule has 0 aliphatic heterocycles. The monoisotopic (exact) mass is 345 g/mol. The summed E-state index contributed by atoms with van der Waals surface area (Å²) in [5.74, 6) is 1.03. The number of nitrogens with one attached hydrogen (secondary N) is 1. The van der Waals surface area contributed by atoms with Crippen molar-refractivity contribution < 1.29 is 4.74 Å². The molecule has 1 unspecified atom stereocenters. The minimum Gasteiger partial charge on any atom is -0.380 e. The summed E-state index contributed by atoms with van der Waals surface area (Å²) in [5.41, 5.74) is 0. The van der Waals surface area contributed by atoms with Gasteiger partial charge in [0.05, 0.1) is 6.61 Å². The zero-order valence-electron chi connectivity index (χ0n) is 11.8. The van der Waals surface area contributed by atoms with E-state index in [2.05, 4.69) is 53.3 Å². The van der Waals surface area contributed by atoms with Gasteiger partial charge in [0.2, 0.25) is 0 Å². The molecule has 1 N–H and O–H groups in total. The minimum atomic E-state index is 0.420. The predicted octanol–water partition coefficient (Wildman–Crippen LogP) is 4.34. The Labute approximate surface area is 129 Å². The SMILES string of the molecule is CCCNC(COCCC)CSc1ccccc1Br. The number of benzene rings is 1. The molecule has 1 aromatic carbocycles. The summed E-state index contributed by atoms with van der Waals surface area (Å²) < 4.78 is 6.84. The van der Waals surface area contributed by atoms with Gasteiger partial charge in [-0.2, -0.15) is 0 Å². The van der Waals surface area contributed by atoms with Crippen molar-refractivity contribution in [3.63, 3.8) is 0 Å². The lowest BCUT2D eigenvalue weighted by molar-refractivity contribution is 0.117. The third-order valence-corrected chi connectivity index (χ3v) is 4.82. The Morgan fingerprint density at radius 2 is 2.05 bits per heavy atom. The second-order valence-corrected chi connectivity index (χ2v) is 6.38. The van der Waals surface area contributed by atoms with Crippen LogP contribution in [0.15, 0.2) is 33.6 Å². The van der Waals surface area contributed by atoms with Crippen molar-refractivity contribution in [2.45, 2.75) is 37.6 Å². The highest BCUT2D eigenvalue weighted by atomic mass is 79.9. The van der Waals surface area contributed by atoms with Crippen LogP contribution in [-0.4, -0.2) is 31.6 Å². The normalized spacial score (nSPS) is 12.6. The van der Waals surface area contributed by atoms with Crippen molar-refractivity contribution in [2.24, 2.45) is 0 Å². The first kappa shape index (κ1) is 17.0. The van der Waals surface area contributed by atoms with Crippen LogP contribution < -0.4 is 5.32 Å². The molecule has 0 fully saturated rings. The van der Waals surface area contributed by atoms with E-state index in [1.165, 1.54) is 9.37 Å². The standard InChI is InChI=1S/C15H24BrNOS/c1-3-9-17-13(11-18-10-4-2)12-19-15-8-6-5-7-14(15)16/h5-8,13,17H,3-4,9-12H2,1-2H3. The lowest BCUT2D eigenvalue weighted by atomic mass is 10.3. The Kier molecular flexibility index (Phi) is 9.61. The summed E-state index contributed by atoms with van der Waals surface area (Å²) in [6.45, 7) is 7.04. The molecule has 2 nitrogen and oxygen atoms in total. The molecule has 1 aromatic rings. The van der Waals surface area contributed by atoms with Gasteiger partial charge in [-0.1, -0.05) is 26.0 Å². The second kappa shape index (κ2) is 10.7. The van der Waals surface area contributed by atoms with Crippen LogP contribution in [0.25, 0.3) is 0 Å². The number of rotatable bonds is 10. The van der Waals surface area contributed by atoms with E-state index in [0.717, 1.165) is 38.4 Å². The van der Waals surface area contributed by atoms with Crippen molar-refractivity contribution in [3.05, 3.63) is 28.7 Å². The molecule has 0 aromatic heterocycles. The van der Waals surface area contributed by atoms with Crippen LogP contribution in [0.4, 0.5) is 0 Å². The van der Waals surface area contributed by atoms with Crippen LogP contribution >= 0.6 is 27.7 Å². The summed E-state index contributed by atoms with van der Waals surface area (Å²) in [5, 5.41) is 3.56. The van der Waals surface area contributed by atoms with Crippen molar-refractivity contribution >= 4 is 27.7 Å². The van der Waals surface area contributed by atoms with E-state index in [9.17, 15) is 0 Å². The van der Waals surface area contributed by atoms with E-state index >= 15 is 0 Å². The summed E-state index contributed by atoms with van der Waals surface area (Å²) in [6.07, 6.45) is 2.24. The maximum Gasteiger partial charge on any atom is 0.0627 e. The van der Waals surface area contributed by atoms with E-state index in [4.69, 9.17) is 4.74 Å². The van der Waals surface area contributed by atoms with Crippen LogP contribution in [0.1, 0.15) is 26.7 Å². The zero-order chi connectivity index (χ0) is 13.9. The Morgan fingerprint density at radius 3 is 2.74 bits per heavy atom. The first-order valence-corrected chi connectivity index (χ1v) is 8.74. The van der Waals surface area contributed by atoms with Gasteiger partial charge in [0.1, 0.15) is 0 Å². The van der Waals surface area contributed by atoms with Gasteiger partial charge >= 0.3 is 0 Å². The smallest absolute Gasteiger partial charge is 0.0627 e. The molecule has 0 heterocycles. The van der Waals surface area contributed by atoms with Gasteiger partial charge in [0.25, 0.3) is 0 Å². The van der Waals surface area contributed by atoms with Crippen LogP contribution in [-0.2, 0) is 4.74 Å². The van der Waals surface area contributed by atoms with Gasteiger partial charge in [0.15, 0.2) is 0 Å². The molecule has 4 heteroatoms. The van der Waals surface area contributed by atoms with E-state index in [0.29, 0.717) is 6.04 Å². The Morgan fingerprint density at radius 1 is 1.26 bits per heavy atom. The predicted molar refractivity (Wildman–Crippen MR) is 88.1 cm³/mol. The van der Waals surface area contributed by atoms with E-state index in [1.807, 2.05) is 17.8 Å². The number of thioether (sulfide) groups is 1. The maximum atomic E-state index is 5.67. The van der Waals surface area contributed by atoms with Crippen molar-refractivity contribution in [2.75, 3.05) is 25.5 Å². The van der Waals surface area contributed by atoms with Gasteiger partial charge in [-0.25, -0.2) is 0 Å². The summed E-state index contributed by atoms with van der Waals surface area (Å²) in [7, 11) is 0. The maximum absolute atomic E-state index is 5.67. The van der Waals surface area contributed by atoms with Gasteiger partial charge in [-0.3, -0.25) is 0 Å². The summed E-state index contributed by atoms with van der Waals surface area (Å²) in [4.78, 5) is 1.29. The highest BCUT2D eigenvalue weighted by Gasteiger charge is 2.09. The average molecular weight is 346 g/mol. The highest BCUT2D eigenvalue weighted by Crippen LogP contribution is 2.27. The van der Waals surface area contributed by atoms with Crippen LogP contribution in [0.3, 0.4) is 0 Å². The number of hydrogen-bond donors (Lipinski definition) is 1. The fourth-order valence-corrected chi connectivity index (χ4v) is 3.24. The molecule has 0 aliphatic carbocycles. The zero-order valence-corrected chi connectivity index (χ0v) is 14.2. The van der Waals surface area contributed by atoms with Crippen LogP contribution in [0, 0.1) is 0 Å². The largest absolute Gasteiger partial charge is 0.380 e. The fraction of sp³-hybridized carbons (Fsp3) is 0.600. The molecular weight excluding hydrogens is 322 g/mol. The second-order valence-electron chi connectivity index (χ2n) is 4.47. The quantitative estimate of drug-likeness (QED) is 0.503. The van der Waals surface area contributed by atoms with Crippen molar-refractivity contribution in [1.29, 1.82) is 0 Å². The lowest BCUT2D eigenvalue weighted by Gasteiger charge is -2.18. The van der Waals surface area contributed by atoms with Crippen LogP contribution in [0.5, 0.6) is 0 Å². The summed E-state index contributed by atoms with van der Waals surface area (Å²) in [6, 6.07) is 8.78. The molecule has 0 saturated heterocycles. The van der Waals surface area contributed by atoms with Gasteiger partial charge in [-0.05, 0) is 47.4 Å². The van der Waals surface area contributed by atoms with E-state index in [-0.39, 0.29) is 0 Å². The molecule has 19 heavy (non-hydrogen) atoms. The van der Waals surface area contributed by atoms with Crippen molar-refractivity contribution in [1.82, 2.24) is 5.32 Å². The first-order chi connectivity index (χ1) is 9.27. The van der Waals surface area contributed by atoms with Crippen molar-refractivity contribution in [3.8, 4) is 0 Å². The minimum absolute atomic E-state index is 0.420. The third kappa shape index (κ3) is 7.35. The topological polar surface area (TPSA) is 21.3 Å². The Hall–Kier alpha value is -0.0300. The van der Waals surface area contributed by atoms with Gasteiger partial charge in [-0.15, -0.1) is 11.8 Å². The molecule has 0 radical (unpaired) electrons.